The lowest BCUT2D eigenvalue weighted by Crippen LogP contribution is -2.45. The molecular weight excluding hydrogens is 356 g/mol. The molecule has 0 unspecified atom stereocenters. The van der Waals surface area contributed by atoms with Crippen LogP contribution in [0.25, 0.3) is 5.69 Å². The van der Waals surface area contributed by atoms with Gasteiger partial charge in [0.15, 0.2) is 0 Å². The predicted octanol–water partition coefficient (Wildman–Crippen LogP) is 2.81. The van der Waals surface area contributed by atoms with E-state index < -0.39 is 0 Å². The fraction of sp³-hybridized carbons (Fsp3) is 0.412. The highest BCUT2D eigenvalue weighted by Gasteiger charge is 2.22. The summed E-state index contributed by atoms with van der Waals surface area (Å²) >= 11 is 3.54. The number of piperidine rings is 1. The lowest BCUT2D eigenvalue weighted by molar-refractivity contribution is 0.0709. The second-order valence-electron chi connectivity index (χ2n) is 6.10. The molecule has 0 bridgehead atoms. The Balaban J connectivity index is 1.81. The highest BCUT2D eigenvalue weighted by atomic mass is 79.9. The van der Waals surface area contributed by atoms with E-state index >= 15 is 0 Å². The fourth-order valence-corrected chi connectivity index (χ4v) is 3.24. The molecule has 1 aromatic carbocycles. The second kappa shape index (κ2) is 6.45. The molecule has 1 saturated heterocycles. The highest BCUT2D eigenvalue weighted by molar-refractivity contribution is 9.10. The van der Waals surface area contributed by atoms with E-state index in [2.05, 4.69) is 21.0 Å². The van der Waals surface area contributed by atoms with Crippen LogP contribution in [0.15, 0.2) is 28.7 Å². The molecule has 1 amide bonds. The van der Waals surface area contributed by atoms with Gasteiger partial charge < -0.3 is 10.6 Å². The first-order valence-corrected chi connectivity index (χ1v) is 8.63. The molecule has 0 spiro atoms. The number of aromatic nitrogens is 2. The molecule has 1 fully saturated rings. The molecular formula is C17H21BrN4O. The van der Waals surface area contributed by atoms with Gasteiger partial charge in [0.1, 0.15) is 0 Å². The van der Waals surface area contributed by atoms with Crippen molar-refractivity contribution < 1.29 is 4.79 Å². The van der Waals surface area contributed by atoms with Crippen LogP contribution in [0, 0.1) is 13.8 Å². The number of benzene rings is 1. The van der Waals surface area contributed by atoms with E-state index in [0.717, 1.165) is 40.9 Å². The van der Waals surface area contributed by atoms with Crippen LogP contribution in [0.2, 0.25) is 0 Å². The van der Waals surface area contributed by atoms with E-state index in [4.69, 9.17) is 5.73 Å². The van der Waals surface area contributed by atoms with Gasteiger partial charge in [0.25, 0.3) is 5.91 Å². The molecule has 122 valence electrons. The molecule has 5 nitrogen and oxygen atoms in total. The topological polar surface area (TPSA) is 64.2 Å². The van der Waals surface area contributed by atoms with Crippen molar-refractivity contribution in [2.45, 2.75) is 32.7 Å². The summed E-state index contributed by atoms with van der Waals surface area (Å²) in [7, 11) is 0. The van der Waals surface area contributed by atoms with Crippen LogP contribution in [-0.2, 0) is 0 Å². The first kappa shape index (κ1) is 16.2. The molecule has 0 radical (unpaired) electrons. The zero-order chi connectivity index (χ0) is 16.6. The number of aryl methyl sites for hydroxylation is 1. The third kappa shape index (κ3) is 3.19. The number of hydrogen-bond acceptors (Lipinski definition) is 3. The molecule has 0 aliphatic carbocycles. The van der Waals surface area contributed by atoms with E-state index in [1.807, 2.05) is 47.7 Å². The molecule has 1 aliphatic heterocycles. The van der Waals surface area contributed by atoms with Gasteiger partial charge in [-0.05, 0) is 66.9 Å². The van der Waals surface area contributed by atoms with Crippen LogP contribution >= 0.6 is 15.9 Å². The lowest BCUT2D eigenvalue weighted by atomic mass is 10.1. The number of hydrogen-bond donors (Lipinski definition) is 1. The van der Waals surface area contributed by atoms with Crippen LogP contribution < -0.4 is 5.73 Å². The van der Waals surface area contributed by atoms with Crippen molar-refractivity contribution in [2.24, 2.45) is 5.73 Å². The van der Waals surface area contributed by atoms with Crippen LogP contribution in [0.5, 0.6) is 0 Å². The summed E-state index contributed by atoms with van der Waals surface area (Å²) in [5.74, 6) is 0.0567. The van der Waals surface area contributed by atoms with Gasteiger partial charge in [-0.1, -0.05) is 0 Å². The Morgan fingerprint density at radius 1 is 1.30 bits per heavy atom. The summed E-state index contributed by atoms with van der Waals surface area (Å²) in [5.41, 5.74) is 9.60. The highest BCUT2D eigenvalue weighted by Crippen LogP contribution is 2.23. The fourth-order valence-electron chi connectivity index (χ4n) is 3.00. The first-order valence-electron chi connectivity index (χ1n) is 7.84. The Morgan fingerprint density at radius 3 is 2.57 bits per heavy atom. The molecule has 23 heavy (non-hydrogen) atoms. The third-order valence-electron chi connectivity index (χ3n) is 4.31. The maximum Gasteiger partial charge on any atom is 0.253 e. The molecule has 6 heteroatoms. The summed E-state index contributed by atoms with van der Waals surface area (Å²) in [5, 5.41) is 4.51. The quantitative estimate of drug-likeness (QED) is 0.876. The molecule has 2 aromatic rings. The number of likely N-dealkylation sites (tertiary alicyclic amines) is 1. The number of amides is 1. The van der Waals surface area contributed by atoms with Crippen molar-refractivity contribution >= 4 is 21.8 Å². The lowest BCUT2D eigenvalue weighted by Gasteiger charge is -2.30. The average Bonchev–Trinajstić information content (AvgIpc) is 2.82. The number of halogens is 1. The number of nitrogens with two attached hydrogens (primary N) is 1. The standard InChI is InChI=1S/C17H21BrN4O/c1-11-16(18)12(2)22(20-11)15-7-5-13(6-8-15)17(23)21-9-3-4-14(19)10-21/h5-8,14H,3-4,9-10,19H2,1-2H3/t14-/m1/s1. The summed E-state index contributed by atoms with van der Waals surface area (Å²) in [6.45, 7) is 5.41. The van der Waals surface area contributed by atoms with Crippen LogP contribution in [0.1, 0.15) is 34.6 Å². The summed E-state index contributed by atoms with van der Waals surface area (Å²) < 4.78 is 2.89. The molecule has 0 saturated carbocycles. The van der Waals surface area contributed by atoms with Crippen molar-refractivity contribution in [1.29, 1.82) is 0 Å². The van der Waals surface area contributed by atoms with Crippen LogP contribution in [0.3, 0.4) is 0 Å². The van der Waals surface area contributed by atoms with Crippen LogP contribution in [0.4, 0.5) is 0 Å². The normalized spacial score (nSPS) is 18.3. The van der Waals surface area contributed by atoms with Gasteiger partial charge in [0, 0.05) is 24.7 Å². The van der Waals surface area contributed by atoms with E-state index in [-0.39, 0.29) is 11.9 Å². The molecule has 2 N–H and O–H groups in total. The van der Waals surface area contributed by atoms with Gasteiger partial charge in [0.05, 0.1) is 21.5 Å². The van der Waals surface area contributed by atoms with Crippen molar-refractivity contribution in [3.63, 3.8) is 0 Å². The average molecular weight is 377 g/mol. The first-order chi connectivity index (χ1) is 11.0. The van der Waals surface area contributed by atoms with Crippen LogP contribution in [-0.4, -0.2) is 39.7 Å². The molecule has 1 aliphatic rings. The van der Waals surface area contributed by atoms with E-state index in [1.54, 1.807) is 0 Å². The largest absolute Gasteiger partial charge is 0.337 e. The Labute approximate surface area is 144 Å². The summed E-state index contributed by atoms with van der Waals surface area (Å²) in [4.78, 5) is 14.4. The SMILES string of the molecule is Cc1nn(-c2ccc(C(=O)N3CCC[C@@H](N)C3)cc2)c(C)c1Br. The number of carbonyl (C=O) groups excluding carboxylic acids is 1. The van der Waals surface area contributed by atoms with Gasteiger partial charge >= 0.3 is 0 Å². The molecule has 2 heterocycles. The van der Waals surface area contributed by atoms with E-state index in [0.29, 0.717) is 12.1 Å². The number of carbonyl (C=O) groups is 1. The van der Waals surface area contributed by atoms with Gasteiger partial charge in [-0.2, -0.15) is 5.10 Å². The predicted molar refractivity (Wildman–Crippen MR) is 93.9 cm³/mol. The zero-order valence-corrected chi connectivity index (χ0v) is 15.0. The molecule has 3 rings (SSSR count). The van der Waals surface area contributed by atoms with Crippen molar-refractivity contribution in [1.82, 2.24) is 14.7 Å². The minimum absolute atomic E-state index is 0.0567. The Bertz CT molecular complexity index is 723. The summed E-state index contributed by atoms with van der Waals surface area (Å²) in [6.07, 6.45) is 1.97. The number of rotatable bonds is 2. The van der Waals surface area contributed by atoms with E-state index in [9.17, 15) is 4.79 Å². The van der Waals surface area contributed by atoms with Gasteiger partial charge in [0.2, 0.25) is 0 Å². The third-order valence-corrected chi connectivity index (χ3v) is 5.45. The smallest absolute Gasteiger partial charge is 0.253 e. The van der Waals surface area contributed by atoms with Gasteiger partial charge in [-0.15, -0.1) is 0 Å². The number of nitrogens with zero attached hydrogens (tertiary/aromatic N) is 3. The Morgan fingerprint density at radius 2 is 2.00 bits per heavy atom. The maximum atomic E-state index is 12.6. The van der Waals surface area contributed by atoms with Crippen molar-refractivity contribution in [3.8, 4) is 5.69 Å². The monoisotopic (exact) mass is 376 g/mol. The Hall–Kier alpha value is -1.66. The van der Waals surface area contributed by atoms with Crippen molar-refractivity contribution in [2.75, 3.05) is 13.1 Å². The summed E-state index contributed by atoms with van der Waals surface area (Å²) in [6, 6.07) is 7.69. The molecule has 1 atom stereocenters. The minimum atomic E-state index is 0.0567. The minimum Gasteiger partial charge on any atom is -0.337 e. The van der Waals surface area contributed by atoms with Gasteiger partial charge in [-0.25, -0.2) is 4.68 Å². The van der Waals surface area contributed by atoms with Gasteiger partial charge in [-0.3, -0.25) is 4.79 Å². The maximum absolute atomic E-state index is 12.6. The Kier molecular flexibility index (Phi) is 4.55. The van der Waals surface area contributed by atoms with E-state index in [1.165, 1.54) is 0 Å². The molecule has 1 aromatic heterocycles. The zero-order valence-electron chi connectivity index (χ0n) is 13.4. The van der Waals surface area contributed by atoms with Crippen molar-refractivity contribution in [3.05, 3.63) is 45.7 Å². The second-order valence-corrected chi connectivity index (χ2v) is 6.89.